The van der Waals surface area contributed by atoms with Crippen molar-refractivity contribution in [2.75, 3.05) is 13.1 Å². The Bertz CT molecular complexity index is 882. The third-order valence-corrected chi connectivity index (χ3v) is 5.30. The van der Waals surface area contributed by atoms with Crippen molar-refractivity contribution in [2.24, 2.45) is 18.9 Å². The zero-order chi connectivity index (χ0) is 18.3. The van der Waals surface area contributed by atoms with Crippen molar-refractivity contribution in [3.05, 3.63) is 42.0 Å². The van der Waals surface area contributed by atoms with Crippen molar-refractivity contribution in [1.29, 1.82) is 5.26 Å². The molecule has 1 saturated carbocycles. The van der Waals surface area contributed by atoms with Gasteiger partial charge in [0.2, 0.25) is 0 Å². The van der Waals surface area contributed by atoms with Gasteiger partial charge in [0.15, 0.2) is 6.19 Å². The lowest BCUT2D eigenvalue weighted by molar-refractivity contribution is 0.0928. The zero-order valence-electron chi connectivity index (χ0n) is 14.5. The molecule has 2 aromatic rings. The summed E-state index contributed by atoms with van der Waals surface area (Å²) in [5.41, 5.74) is 1.38. The molecule has 2 atom stereocenters. The Morgan fingerprint density at radius 1 is 1.38 bits per heavy atom. The maximum Gasteiger partial charge on any atom is 0.251 e. The Kier molecular flexibility index (Phi) is 4.11. The third kappa shape index (κ3) is 3.15. The number of rotatable bonds is 4. The topological polar surface area (TPSA) is 74.0 Å². The molecule has 4 rings (SSSR count). The van der Waals surface area contributed by atoms with Crippen LogP contribution in [-0.4, -0.2) is 39.7 Å². The van der Waals surface area contributed by atoms with E-state index in [4.69, 9.17) is 5.26 Å². The first-order chi connectivity index (χ1) is 12.5. The molecule has 0 unspecified atom stereocenters. The van der Waals surface area contributed by atoms with E-state index in [1.807, 2.05) is 0 Å². The van der Waals surface area contributed by atoms with Crippen molar-refractivity contribution in [2.45, 2.75) is 18.9 Å². The van der Waals surface area contributed by atoms with Crippen LogP contribution in [0.3, 0.4) is 0 Å². The maximum absolute atomic E-state index is 14.5. The van der Waals surface area contributed by atoms with E-state index in [2.05, 4.69) is 16.6 Å². The van der Waals surface area contributed by atoms with Gasteiger partial charge in [-0.15, -0.1) is 0 Å². The van der Waals surface area contributed by atoms with Gasteiger partial charge in [-0.05, 0) is 30.9 Å². The molecule has 1 amide bonds. The highest BCUT2D eigenvalue weighted by Gasteiger charge is 2.43. The maximum atomic E-state index is 14.5. The van der Waals surface area contributed by atoms with Crippen molar-refractivity contribution >= 4 is 5.91 Å². The number of nitrogens with zero attached hydrogens (tertiary/aromatic N) is 4. The number of aromatic nitrogens is 2. The number of hydrogen-bond acceptors (Lipinski definition) is 4. The number of amides is 1. The van der Waals surface area contributed by atoms with Gasteiger partial charge in [0.05, 0.1) is 12.2 Å². The van der Waals surface area contributed by atoms with Gasteiger partial charge < -0.3 is 10.2 Å². The van der Waals surface area contributed by atoms with Gasteiger partial charge in [-0.1, -0.05) is 6.07 Å². The van der Waals surface area contributed by atoms with E-state index in [0.717, 1.165) is 12.8 Å². The number of benzene rings is 1. The monoisotopic (exact) mass is 353 g/mol. The number of carbonyl (C=O) groups is 1. The van der Waals surface area contributed by atoms with E-state index < -0.39 is 5.82 Å². The number of hydrogen-bond donors (Lipinski definition) is 1. The highest BCUT2D eigenvalue weighted by atomic mass is 19.1. The van der Waals surface area contributed by atoms with Crippen LogP contribution in [0.1, 0.15) is 23.2 Å². The van der Waals surface area contributed by atoms with Crippen LogP contribution in [0.2, 0.25) is 0 Å². The highest BCUT2D eigenvalue weighted by molar-refractivity contribution is 5.95. The molecule has 1 saturated heterocycles. The van der Waals surface area contributed by atoms with Crippen LogP contribution in [0.15, 0.2) is 30.6 Å². The van der Waals surface area contributed by atoms with E-state index in [-0.39, 0.29) is 11.9 Å². The molecular weight excluding hydrogens is 333 g/mol. The molecule has 134 valence electrons. The molecule has 0 spiro atoms. The largest absolute Gasteiger partial charge is 0.347 e. The number of carbonyl (C=O) groups excluding carboxylic acids is 1. The van der Waals surface area contributed by atoms with Gasteiger partial charge in [0.25, 0.3) is 5.91 Å². The molecule has 26 heavy (non-hydrogen) atoms. The fourth-order valence-electron chi connectivity index (χ4n) is 3.77. The van der Waals surface area contributed by atoms with E-state index in [0.29, 0.717) is 41.6 Å². The molecule has 0 bridgehead atoms. The first-order valence-electron chi connectivity index (χ1n) is 8.79. The average Bonchev–Trinajstić information content (AvgIpc) is 3.25. The second-order valence-electron chi connectivity index (χ2n) is 7.18. The average molecular weight is 353 g/mol. The van der Waals surface area contributed by atoms with Gasteiger partial charge in [0, 0.05) is 48.9 Å². The molecule has 2 fully saturated rings. The van der Waals surface area contributed by atoms with E-state index in [1.165, 1.54) is 6.07 Å². The van der Waals surface area contributed by atoms with Crippen LogP contribution < -0.4 is 5.32 Å². The zero-order valence-corrected chi connectivity index (χ0v) is 14.5. The van der Waals surface area contributed by atoms with Crippen LogP contribution in [0, 0.1) is 29.1 Å². The van der Waals surface area contributed by atoms with Gasteiger partial charge >= 0.3 is 0 Å². The summed E-state index contributed by atoms with van der Waals surface area (Å²) in [5, 5.41) is 16.2. The Balaban J connectivity index is 1.49. The minimum atomic E-state index is -0.450. The minimum absolute atomic E-state index is 0.0595. The molecule has 1 N–H and O–H groups in total. The Morgan fingerprint density at radius 2 is 2.19 bits per heavy atom. The highest BCUT2D eigenvalue weighted by Crippen LogP contribution is 2.41. The smallest absolute Gasteiger partial charge is 0.251 e. The second kappa shape index (κ2) is 6.45. The summed E-state index contributed by atoms with van der Waals surface area (Å²) in [6.07, 6.45) is 7.81. The SMILES string of the molecule is Cn1cc(-c2ccc(C(=O)N[C@@H]3CN(C#N)C[C@@H]3C3CC3)cc2F)cn1. The summed E-state index contributed by atoms with van der Waals surface area (Å²) < 4.78 is 16.1. The van der Waals surface area contributed by atoms with Gasteiger partial charge in [-0.3, -0.25) is 9.48 Å². The Hall–Kier alpha value is -2.88. The molecule has 2 heterocycles. The fourth-order valence-corrected chi connectivity index (χ4v) is 3.77. The molecule has 1 aliphatic carbocycles. The fraction of sp³-hybridized carbons (Fsp3) is 0.421. The van der Waals surface area contributed by atoms with Gasteiger partial charge in [-0.2, -0.15) is 10.4 Å². The Morgan fingerprint density at radius 3 is 2.81 bits per heavy atom. The van der Waals surface area contributed by atoms with Crippen LogP contribution >= 0.6 is 0 Å². The molecule has 2 aliphatic rings. The predicted molar refractivity (Wildman–Crippen MR) is 93.3 cm³/mol. The van der Waals surface area contributed by atoms with Crippen molar-refractivity contribution in [3.63, 3.8) is 0 Å². The lowest BCUT2D eigenvalue weighted by Crippen LogP contribution is -2.41. The van der Waals surface area contributed by atoms with Gasteiger partial charge in [-0.25, -0.2) is 4.39 Å². The summed E-state index contributed by atoms with van der Waals surface area (Å²) in [5.74, 6) is 0.146. The molecule has 0 radical (unpaired) electrons. The van der Waals surface area contributed by atoms with Crippen molar-refractivity contribution in [1.82, 2.24) is 20.0 Å². The molecular formula is C19H20FN5O. The number of nitriles is 1. The van der Waals surface area contributed by atoms with Crippen LogP contribution in [0.25, 0.3) is 11.1 Å². The number of nitrogens with one attached hydrogen (secondary N) is 1. The van der Waals surface area contributed by atoms with Crippen LogP contribution in [0.4, 0.5) is 4.39 Å². The molecule has 1 aromatic heterocycles. The summed E-state index contributed by atoms with van der Waals surface area (Å²) >= 11 is 0. The number of halogens is 1. The van der Waals surface area contributed by atoms with E-state index in [1.54, 1.807) is 41.2 Å². The van der Waals surface area contributed by atoms with Gasteiger partial charge in [0.1, 0.15) is 5.82 Å². The first kappa shape index (κ1) is 16.6. The normalized spacial score (nSPS) is 22.3. The van der Waals surface area contributed by atoms with E-state index in [9.17, 15) is 9.18 Å². The molecule has 1 aromatic carbocycles. The minimum Gasteiger partial charge on any atom is -0.347 e. The van der Waals surface area contributed by atoms with Crippen molar-refractivity contribution in [3.8, 4) is 17.3 Å². The summed E-state index contributed by atoms with van der Waals surface area (Å²) in [4.78, 5) is 14.3. The summed E-state index contributed by atoms with van der Waals surface area (Å²) in [7, 11) is 1.77. The lowest BCUT2D eigenvalue weighted by Gasteiger charge is -2.19. The predicted octanol–water partition coefficient (Wildman–Crippen LogP) is 2.15. The second-order valence-corrected chi connectivity index (χ2v) is 7.18. The number of aryl methyl sites for hydroxylation is 1. The van der Waals surface area contributed by atoms with E-state index >= 15 is 0 Å². The molecule has 1 aliphatic heterocycles. The standard InChI is InChI=1S/C19H20FN5O/c1-24-8-14(7-22-24)15-5-4-13(6-17(15)20)19(26)23-18-10-25(11-21)9-16(18)12-2-3-12/h4-8,12,16,18H,2-3,9-10H2,1H3,(H,23,26)/t16-,18-/m1/s1. The summed E-state index contributed by atoms with van der Waals surface area (Å²) in [6.45, 7) is 1.22. The quantitative estimate of drug-likeness (QED) is 0.855. The molecule has 7 heteroatoms. The third-order valence-electron chi connectivity index (χ3n) is 5.30. The summed E-state index contributed by atoms with van der Waals surface area (Å²) in [6, 6.07) is 4.44. The lowest BCUT2D eigenvalue weighted by atomic mass is 9.97. The first-order valence-corrected chi connectivity index (χ1v) is 8.79. The van der Waals surface area contributed by atoms with Crippen LogP contribution in [0.5, 0.6) is 0 Å². The van der Waals surface area contributed by atoms with Crippen molar-refractivity contribution < 1.29 is 9.18 Å². The Labute approximate surface area is 151 Å². The number of likely N-dealkylation sites (tertiary alicyclic amines) is 1. The van der Waals surface area contributed by atoms with Crippen LogP contribution in [-0.2, 0) is 7.05 Å². The molecule has 6 nitrogen and oxygen atoms in total.